The molecule has 1 atom stereocenters. The summed E-state index contributed by atoms with van der Waals surface area (Å²) in [6, 6.07) is 4.91. The van der Waals surface area contributed by atoms with Gasteiger partial charge in [-0.05, 0) is 25.2 Å². The molecule has 0 spiro atoms. The molecule has 3 nitrogen and oxygen atoms in total. The van der Waals surface area contributed by atoms with Crippen LogP contribution in [0.3, 0.4) is 0 Å². The highest BCUT2D eigenvalue weighted by molar-refractivity contribution is 9.10. The summed E-state index contributed by atoms with van der Waals surface area (Å²) < 4.78 is 0.883. The lowest BCUT2D eigenvalue weighted by molar-refractivity contribution is 0.248. The van der Waals surface area contributed by atoms with Gasteiger partial charge in [-0.25, -0.2) is 0 Å². The standard InChI is InChI=1S/C9H12BrNO2/c1-11-8(5-12)7-4-6(10)2-3-9(7)13/h2-4,8,11-13H,5H2,1H3. The number of phenolic OH excluding ortho intramolecular Hbond substituents is 1. The molecule has 1 aromatic rings. The zero-order valence-electron chi connectivity index (χ0n) is 7.29. The third-order valence-electron chi connectivity index (χ3n) is 1.90. The molecule has 0 saturated heterocycles. The fraction of sp³-hybridized carbons (Fsp3) is 0.333. The molecule has 0 saturated carbocycles. The van der Waals surface area contributed by atoms with Gasteiger partial charge in [-0.3, -0.25) is 0 Å². The lowest BCUT2D eigenvalue weighted by Crippen LogP contribution is -2.19. The molecule has 1 unspecified atom stereocenters. The third kappa shape index (κ3) is 2.43. The Morgan fingerprint density at radius 1 is 1.54 bits per heavy atom. The van der Waals surface area contributed by atoms with Gasteiger partial charge in [0.2, 0.25) is 0 Å². The summed E-state index contributed by atoms with van der Waals surface area (Å²) in [4.78, 5) is 0. The summed E-state index contributed by atoms with van der Waals surface area (Å²) in [5.41, 5.74) is 0.694. The number of hydrogen-bond acceptors (Lipinski definition) is 3. The molecule has 0 aliphatic carbocycles. The summed E-state index contributed by atoms with van der Waals surface area (Å²) in [6.45, 7) is -0.0412. The number of rotatable bonds is 3. The van der Waals surface area contributed by atoms with Crippen molar-refractivity contribution in [3.8, 4) is 5.75 Å². The van der Waals surface area contributed by atoms with Crippen LogP contribution in [-0.4, -0.2) is 23.9 Å². The van der Waals surface area contributed by atoms with Gasteiger partial charge in [-0.15, -0.1) is 0 Å². The van der Waals surface area contributed by atoms with Crippen molar-refractivity contribution in [2.75, 3.05) is 13.7 Å². The molecule has 1 aromatic carbocycles. The number of nitrogens with one attached hydrogen (secondary N) is 1. The maximum atomic E-state index is 9.50. The van der Waals surface area contributed by atoms with Crippen LogP contribution >= 0.6 is 15.9 Å². The highest BCUT2D eigenvalue weighted by Crippen LogP contribution is 2.26. The molecular formula is C9H12BrNO2. The Morgan fingerprint density at radius 3 is 2.77 bits per heavy atom. The summed E-state index contributed by atoms with van der Waals surface area (Å²) in [6.07, 6.45) is 0. The van der Waals surface area contributed by atoms with Crippen molar-refractivity contribution in [3.05, 3.63) is 28.2 Å². The van der Waals surface area contributed by atoms with Crippen LogP contribution in [0.1, 0.15) is 11.6 Å². The summed E-state index contributed by atoms with van der Waals surface area (Å²) in [7, 11) is 1.74. The van der Waals surface area contributed by atoms with E-state index in [0.717, 1.165) is 4.47 Å². The Morgan fingerprint density at radius 2 is 2.23 bits per heavy atom. The number of hydrogen-bond donors (Lipinski definition) is 3. The number of aliphatic hydroxyl groups is 1. The van der Waals surface area contributed by atoms with Crippen LogP contribution < -0.4 is 5.32 Å². The van der Waals surface area contributed by atoms with Crippen LogP contribution in [0.4, 0.5) is 0 Å². The average molecular weight is 246 g/mol. The molecule has 4 heteroatoms. The molecule has 0 radical (unpaired) electrons. The topological polar surface area (TPSA) is 52.5 Å². The molecule has 1 rings (SSSR count). The number of phenols is 1. The quantitative estimate of drug-likeness (QED) is 0.755. The van der Waals surface area contributed by atoms with E-state index in [4.69, 9.17) is 5.11 Å². The summed E-state index contributed by atoms with van der Waals surface area (Å²) in [5, 5.41) is 21.4. The van der Waals surface area contributed by atoms with Crippen LogP contribution in [0, 0.1) is 0 Å². The summed E-state index contributed by atoms with van der Waals surface area (Å²) >= 11 is 3.30. The molecule has 13 heavy (non-hydrogen) atoms. The Labute approximate surface area is 85.5 Å². The van der Waals surface area contributed by atoms with E-state index in [1.54, 1.807) is 25.2 Å². The zero-order chi connectivity index (χ0) is 9.84. The molecule has 0 amide bonds. The van der Waals surface area contributed by atoms with Crippen molar-refractivity contribution in [2.24, 2.45) is 0 Å². The van der Waals surface area contributed by atoms with Gasteiger partial charge in [0.15, 0.2) is 0 Å². The third-order valence-corrected chi connectivity index (χ3v) is 2.39. The van der Waals surface area contributed by atoms with Crippen molar-refractivity contribution in [1.82, 2.24) is 5.32 Å². The smallest absolute Gasteiger partial charge is 0.120 e. The first-order valence-electron chi connectivity index (χ1n) is 3.95. The molecule has 0 aromatic heterocycles. The van der Waals surface area contributed by atoms with Gasteiger partial charge in [0, 0.05) is 10.0 Å². The fourth-order valence-corrected chi connectivity index (χ4v) is 1.53. The first-order valence-corrected chi connectivity index (χ1v) is 4.75. The van der Waals surface area contributed by atoms with Gasteiger partial charge in [0.1, 0.15) is 5.75 Å². The molecule has 0 fully saturated rings. The maximum absolute atomic E-state index is 9.50. The first-order chi connectivity index (χ1) is 6.19. The minimum Gasteiger partial charge on any atom is -0.508 e. The number of likely N-dealkylation sites (N-methyl/N-ethyl adjacent to an activating group) is 1. The van der Waals surface area contributed by atoms with Crippen LogP contribution in [-0.2, 0) is 0 Å². The lowest BCUT2D eigenvalue weighted by atomic mass is 10.1. The lowest BCUT2D eigenvalue weighted by Gasteiger charge is -2.15. The van der Waals surface area contributed by atoms with Crippen molar-refractivity contribution in [1.29, 1.82) is 0 Å². The van der Waals surface area contributed by atoms with Gasteiger partial charge in [0.25, 0.3) is 0 Å². The maximum Gasteiger partial charge on any atom is 0.120 e. The SMILES string of the molecule is CNC(CO)c1cc(Br)ccc1O. The van der Waals surface area contributed by atoms with Gasteiger partial charge in [-0.1, -0.05) is 15.9 Å². The fourth-order valence-electron chi connectivity index (χ4n) is 1.15. The Bertz CT molecular complexity index is 287. The largest absolute Gasteiger partial charge is 0.508 e. The van der Waals surface area contributed by atoms with E-state index < -0.39 is 0 Å². The van der Waals surface area contributed by atoms with Crippen molar-refractivity contribution in [2.45, 2.75) is 6.04 Å². The molecule has 3 N–H and O–H groups in total. The van der Waals surface area contributed by atoms with Gasteiger partial charge in [0.05, 0.1) is 12.6 Å². The zero-order valence-corrected chi connectivity index (χ0v) is 8.87. The van der Waals surface area contributed by atoms with E-state index in [9.17, 15) is 5.11 Å². The van der Waals surface area contributed by atoms with E-state index in [1.165, 1.54) is 0 Å². The number of halogens is 1. The van der Waals surface area contributed by atoms with Crippen LogP contribution in [0.2, 0.25) is 0 Å². The predicted octanol–water partition coefficient (Wildman–Crippen LogP) is 1.41. The number of aromatic hydroxyl groups is 1. The van der Waals surface area contributed by atoms with E-state index in [2.05, 4.69) is 21.2 Å². The second kappa shape index (κ2) is 4.60. The second-order valence-electron chi connectivity index (χ2n) is 2.73. The monoisotopic (exact) mass is 245 g/mol. The molecule has 0 heterocycles. The van der Waals surface area contributed by atoms with Gasteiger partial charge >= 0.3 is 0 Å². The van der Waals surface area contributed by atoms with Crippen LogP contribution in [0.5, 0.6) is 5.75 Å². The van der Waals surface area contributed by atoms with Crippen LogP contribution in [0.15, 0.2) is 22.7 Å². The molecule has 0 aliphatic heterocycles. The normalized spacial score (nSPS) is 12.8. The summed E-state index contributed by atoms with van der Waals surface area (Å²) in [5.74, 6) is 0.191. The van der Waals surface area contributed by atoms with Gasteiger partial charge in [-0.2, -0.15) is 0 Å². The van der Waals surface area contributed by atoms with Crippen molar-refractivity contribution < 1.29 is 10.2 Å². The average Bonchev–Trinajstić information content (AvgIpc) is 2.13. The van der Waals surface area contributed by atoms with E-state index in [1.807, 2.05) is 0 Å². The Hall–Kier alpha value is -0.580. The van der Waals surface area contributed by atoms with E-state index in [0.29, 0.717) is 5.56 Å². The highest BCUT2D eigenvalue weighted by atomic mass is 79.9. The van der Waals surface area contributed by atoms with E-state index in [-0.39, 0.29) is 18.4 Å². The number of benzene rings is 1. The predicted molar refractivity (Wildman–Crippen MR) is 54.7 cm³/mol. The minimum absolute atomic E-state index is 0.0412. The van der Waals surface area contributed by atoms with Gasteiger partial charge < -0.3 is 15.5 Å². The minimum atomic E-state index is -0.225. The molecule has 72 valence electrons. The highest BCUT2D eigenvalue weighted by Gasteiger charge is 2.12. The van der Waals surface area contributed by atoms with E-state index >= 15 is 0 Å². The first kappa shape index (κ1) is 10.5. The van der Waals surface area contributed by atoms with Crippen molar-refractivity contribution >= 4 is 15.9 Å². The molecule has 0 bridgehead atoms. The molecule has 0 aliphatic rings. The van der Waals surface area contributed by atoms with Crippen LogP contribution in [0.25, 0.3) is 0 Å². The van der Waals surface area contributed by atoms with Crippen molar-refractivity contribution in [3.63, 3.8) is 0 Å². The second-order valence-corrected chi connectivity index (χ2v) is 3.64. The molecular weight excluding hydrogens is 234 g/mol. The number of aliphatic hydroxyl groups excluding tert-OH is 1. The Kier molecular flexibility index (Phi) is 3.71. The Balaban J connectivity index is 3.03.